The average Bonchev–Trinajstić information content (AvgIpc) is 2.63. The quantitative estimate of drug-likeness (QED) is 0.764. The molecule has 0 saturated carbocycles. The number of methoxy groups -OCH3 is 1. The van der Waals surface area contributed by atoms with E-state index in [0.717, 1.165) is 11.1 Å². The van der Waals surface area contributed by atoms with Crippen molar-refractivity contribution in [3.05, 3.63) is 59.7 Å². The Kier molecular flexibility index (Phi) is 6.65. The van der Waals surface area contributed by atoms with Gasteiger partial charge in [-0.15, -0.1) is 0 Å². The Morgan fingerprint density at radius 2 is 1.80 bits per heavy atom. The minimum absolute atomic E-state index is 0.183. The zero-order valence-electron chi connectivity index (χ0n) is 13.7. The van der Waals surface area contributed by atoms with Gasteiger partial charge in [0.1, 0.15) is 6.61 Å². The molecule has 1 amide bonds. The van der Waals surface area contributed by atoms with Crippen LogP contribution in [0.3, 0.4) is 0 Å². The lowest BCUT2D eigenvalue weighted by Gasteiger charge is -2.12. The summed E-state index contributed by atoms with van der Waals surface area (Å²) < 4.78 is 15.4. The van der Waals surface area contributed by atoms with E-state index >= 15 is 0 Å². The topological polar surface area (TPSA) is 94.1 Å². The summed E-state index contributed by atoms with van der Waals surface area (Å²) in [5, 5.41) is 11.3. The molecule has 0 atom stereocenters. The first-order valence-corrected chi connectivity index (χ1v) is 7.54. The molecule has 0 bridgehead atoms. The zero-order chi connectivity index (χ0) is 18.1. The van der Waals surface area contributed by atoms with Crippen LogP contribution in [0, 0.1) is 0 Å². The number of aliphatic carboxylic acids is 1. The number of ether oxygens (including phenoxy) is 3. The number of benzene rings is 2. The third kappa shape index (κ3) is 6.06. The van der Waals surface area contributed by atoms with Crippen LogP contribution in [0.25, 0.3) is 0 Å². The highest BCUT2D eigenvalue weighted by molar-refractivity contribution is 5.69. The average molecular weight is 345 g/mol. The Balaban J connectivity index is 1.87. The van der Waals surface area contributed by atoms with Crippen molar-refractivity contribution in [2.24, 2.45) is 0 Å². The highest BCUT2D eigenvalue weighted by atomic mass is 16.5. The standard InChI is InChI=1S/C18H19NO6/c1-23-15-8-7-14(9-16(15)24-12-17(20)21)10-19-18(22)25-11-13-5-3-2-4-6-13/h2-9H,10-12H2,1H3,(H,19,22)(H,20,21). The van der Waals surface area contributed by atoms with Gasteiger partial charge in [0.15, 0.2) is 18.1 Å². The van der Waals surface area contributed by atoms with Crippen LogP contribution in [0.1, 0.15) is 11.1 Å². The summed E-state index contributed by atoms with van der Waals surface area (Å²) in [5.74, 6) is -0.381. The number of carboxylic acids is 1. The van der Waals surface area contributed by atoms with Crippen molar-refractivity contribution in [2.45, 2.75) is 13.2 Å². The monoisotopic (exact) mass is 345 g/mol. The Morgan fingerprint density at radius 1 is 1.04 bits per heavy atom. The predicted molar refractivity (Wildman–Crippen MR) is 89.6 cm³/mol. The van der Waals surface area contributed by atoms with Crippen molar-refractivity contribution >= 4 is 12.1 Å². The molecule has 2 aromatic carbocycles. The summed E-state index contributed by atoms with van der Waals surface area (Å²) in [4.78, 5) is 22.4. The van der Waals surface area contributed by atoms with Crippen LogP contribution >= 0.6 is 0 Å². The van der Waals surface area contributed by atoms with E-state index < -0.39 is 18.7 Å². The number of carbonyl (C=O) groups excluding carboxylic acids is 1. The van der Waals surface area contributed by atoms with E-state index in [1.165, 1.54) is 7.11 Å². The predicted octanol–water partition coefficient (Wildman–Crippen LogP) is 2.58. The lowest BCUT2D eigenvalue weighted by atomic mass is 10.2. The molecular weight excluding hydrogens is 326 g/mol. The molecule has 2 aromatic rings. The summed E-state index contributed by atoms with van der Waals surface area (Å²) in [5.41, 5.74) is 1.62. The van der Waals surface area contributed by atoms with Gasteiger partial charge in [-0.05, 0) is 23.3 Å². The molecule has 0 spiro atoms. The summed E-state index contributed by atoms with van der Waals surface area (Å²) in [7, 11) is 1.46. The third-order valence-corrected chi connectivity index (χ3v) is 3.23. The molecule has 0 heterocycles. The molecule has 7 heteroatoms. The normalized spacial score (nSPS) is 9.96. The number of nitrogens with one attached hydrogen (secondary N) is 1. The fourth-order valence-electron chi connectivity index (χ4n) is 2.03. The maximum atomic E-state index is 11.7. The van der Waals surface area contributed by atoms with Gasteiger partial charge in [0.25, 0.3) is 0 Å². The minimum atomic E-state index is -1.09. The van der Waals surface area contributed by atoms with Crippen molar-refractivity contribution in [1.29, 1.82) is 0 Å². The van der Waals surface area contributed by atoms with Gasteiger partial charge in [-0.3, -0.25) is 0 Å². The maximum Gasteiger partial charge on any atom is 0.407 e. The van der Waals surface area contributed by atoms with Crippen molar-refractivity contribution in [1.82, 2.24) is 5.32 Å². The molecule has 0 aromatic heterocycles. The zero-order valence-corrected chi connectivity index (χ0v) is 13.7. The van der Waals surface area contributed by atoms with Crippen LogP contribution in [0.4, 0.5) is 4.79 Å². The Labute approximate surface area is 145 Å². The summed E-state index contributed by atoms with van der Waals surface area (Å²) in [6.45, 7) is -0.0876. The van der Waals surface area contributed by atoms with Gasteiger partial charge in [-0.2, -0.15) is 0 Å². The maximum absolute atomic E-state index is 11.7. The highest BCUT2D eigenvalue weighted by Gasteiger charge is 2.09. The van der Waals surface area contributed by atoms with Crippen LogP contribution < -0.4 is 14.8 Å². The molecule has 132 valence electrons. The molecule has 0 aliphatic heterocycles. The Bertz CT molecular complexity index is 717. The fraction of sp³-hybridized carbons (Fsp3) is 0.222. The van der Waals surface area contributed by atoms with Gasteiger partial charge >= 0.3 is 12.1 Å². The number of hydrogen-bond acceptors (Lipinski definition) is 5. The fourth-order valence-corrected chi connectivity index (χ4v) is 2.03. The van der Waals surface area contributed by atoms with Gasteiger partial charge in [0, 0.05) is 6.54 Å². The van der Waals surface area contributed by atoms with E-state index in [9.17, 15) is 9.59 Å². The number of amides is 1. The van der Waals surface area contributed by atoms with Crippen LogP contribution in [0.5, 0.6) is 11.5 Å². The smallest absolute Gasteiger partial charge is 0.407 e. The Morgan fingerprint density at radius 3 is 2.48 bits per heavy atom. The number of hydrogen-bond donors (Lipinski definition) is 2. The molecule has 2 rings (SSSR count). The van der Waals surface area contributed by atoms with Gasteiger partial charge in [0.2, 0.25) is 0 Å². The van der Waals surface area contributed by atoms with E-state index in [1.54, 1.807) is 18.2 Å². The third-order valence-electron chi connectivity index (χ3n) is 3.23. The lowest BCUT2D eigenvalue weighted by molar-refractivity contribution is -0.139. The number of carbonyl (C=O) groups is 2. The SMILES string of the molecule is COc1ccc(CNC(=O)OCc2ccccc2)cc1OCC(=O)O. The first kappa shape index (κ1) is 18.1. The largest absolute Gasteiger partial charge is 0.493 e. The minimum Gasteiger partial charge on any atom is -0.493 e. The molecular formula is C18H19NO6. The molecule has 25 heavy (non-hydrogen) atoms. The van der Waals surface area contributed by atoms with Crippen molar-refractivity contribution in [2.75, 3.05) is 13.7 Å². The number of carboxylic acid groups (broad SMARTS) is 1. The van der Waals surface area contributed by atoms with Crippen LogP contribution in [0.2, 0.25) is 0 Å². The Hall–Kier alpha value is -3.22. The van der Waals surface area contributed by atoms with E-state index in [-0.39, 0.29) is 13.2 Å². The van der Waals surface area contributed by atoms with Gasteiger partial charge < -0.3 is 24.6 Å². The second kappa shape index (κ2) is 9.17. The second-order valence-electron chi connectivity index (χ2n) is 5.08. The first-order chi connectivity index (χ1) is 12.1. The molecule has 7 nitrogen and oxygen atoms in total. The van der Waals surface area contributed by atoms with Gasteiger partial charge in [-0.25, -0.2) is 9.59 Å². The molecule has 0 saturated heterocycles. The van der Waals surface area contributed by atoms with Crippen molar-refractivity contribution in [3.63, 3.8) is 0 Å². The van der Waals surface area contributed by atoms with Crippen molar-refractivity contribution in [3.8, 4) is 11.5 Å². The van der Waals surface area contributed by atoms with E-state index in [0.29, 0.717) is 11.5 Å². The van der Waals surface area contributed by atoms with Crippen LogP contribution in [-0.4, -0.2) is 30.9 Å². The molecule has 0 aliphatic carbocycles. The van der Waals surface area contributed by atoms with E-state index in [2.05, 4.69) is 5.32 Å². The van der Waals surface area contributed by atoms with Crippen molar-refractivity contribution < 1.29 is 28.9 Å². The summed E-state index contributed by atoms with van der Waals surface area (Å²) in [6, 6.07) is 14.3. The van der Waals surface area contributed by atoms with Gasteiger partial charge in [-0.1, -0.05) is 36.4 Å². The lowest BCUT2D eigenvalue weighted by Crippen LogP contribution is -2.23. The molecule has 0 radical (unpaired) electrons. The van der Waals surface area contributed by atoms with E-state index in [1.807, 2.05) is 30.3 Å². The molecule has 0 unspecified atom stereocenters. The first-order valence-electron chi connectivity index (χ1n) is 7.54. The van der Waals surface area contributed by atoms with Crippen LogP contribution in [0.15, 0.2) is 48.5 Å². The molecule has 0 fully saturated rings. The van der Waals surface area contributed by atoms with Crippen LogP contribution in [-0.2, 0) is 22.7 Å². The second-order valence-corrected chi connectivity index (χ2v) is 5.08. The summed E-state index contributed by atoms with van der Waals surface area (Å²) in [6.07, 6.45) is -0.548. The molecule has 0 aliphatic rings. The van der Waals surface area contributed by atoms with Gasteiger partial charge in [0.05, 0.1) is 7.11 Å². The number of rotatable bonds is 8. The van der Waals surface area contributed by atoms with E-state index in [4.69, 9.17) is 19.3 Å². The summed E-state index contributed by atoms with van der Waals surface area (Å²) >= 11 is 0. The number of alkyl carbamates (subject to hydrolysis) is 1. The molecule has 2 N–H and O–H groups in total. The highest BCUT2D eigenvalue weighted by Crippen LogP contribution is 2.28.